The zero-order valence-electron chi connectivity index (χ0n) is 11.3. The summed E-state index contributed by atoms with van der Waals surface area (Å²) in [4.78, 5) is 11.9. The molecule has 1 aliphatic rings. The third-order valence-electron chi connectivity index (χ3n) is 3.47. The summed E-state index contributed by atoms with van der Waals surface area (Å²) in [7, 11) is 0. The van der Waals surface area contributed by atoms with Crippen molar-refractivity contribution in [3.8, 4) is 5.75 Å². The molecule has 0 aromatic heterocycles. The minimum absolute atomic E-state index is 0.0118. The zero-order valence-corrected chi connectivity index (χ0v) is 13.7. The Morgan fingerprint density at radius 2 is 2.00 bits per heavy atom. The van der Waals surface area contributed by atoms with Gasteiger partial charge in [0.2, 0.25) is 0 Å². The van der Waals surface area contributed by atoms with Gasteiger partial charge in [0.05, 0.1) is 5.02 Å². The monoisotopic (exact) mass is 359 g/mol. The Bertz CT molecular complexity index is 459. The number of hydrogen-bond acceptors (Lipinski definition) is 2. The quantitative estimate of drug-likeness (QED) is 0.812. The van der Waals surface area contributed by atoms with E-state index in [0.717, 1.165) is 17.3 Å². The summed E-state index contributed by atoms with van der Waals surface area (Å²) >= 11 is 9.37. The van der Waals surface area contributed by atoms with Crippen molar-refractivity contribution < 1.29 is 9.53 Å². The van der Waals surface area contributed by atoms with Crippen LogP contribution in [-0.4, -0.2) is 18.6 Å². The molecule has 1 fully saturated rings. The first-order valence-corrected chi connectivity index (χ1v) is 8.19. The summed E-state index contributed by atoms with van der Waals surface area (Å²) in [6.45, 7) is 0.0118. The molecular formula is C15H19BrClNO2. The van der Waals surface area contributed by atoms with Crippen LogP contribution in [-0.2, 0) is 4.79 Å². The Hall–Kier alpha value is -0.740. The molecule has 1 amide bonds. The van der Waals surface area contributed by atoms with E-state index in [-0.39, 0.29) is 12.5 Å². The van der Waals surface area contributed by atoms with Gasteiger partial charge in [-0.05, 0) is 31.0 Å². The van der Waals surface area contributed by atoms with Gasteiger partial charge >= 0.3 is 0 Å². The summed E-state index contributed by atoms with van der Waals surface area (Å²) in [6.07, 6.45) is 7.10. The van der Waals surface area contributed by atoms with Crippen LogP contribution in [0, 0.1) is 0 Å². The normalized spacial score (nSPS) is 16.5. The number of carbonyl (C=O) groups is 1. The van der Waals surface area contributed by atoms with Gasteiger partial charge in [0, 0.05) is 10.5 Å². The van der Waals surface area contributed by atoms with Crippen molar-refractivity contribution in [2.75, 3.05) is 6.61 Å². The smallest absolute Gasteiger partial charge is 0.258 e. The number of halogens is 2. The fourth-order valence-corrected chi connectivity index (χ4v) is 3.16. The molecule has 20 heavy (non-hydrogen) atoms. The van der Waals surface area contributed by atoms with Crippen molar-refractivity contribution in [1.29, 1.82) is 0 Å². The molecule has 1 N–H and O–H groups in total. The number of ether oxygens (including phenoxy) is 1. The Balaban J connectivity index is 1.79. The fraction of sp³-hybridized carbons (Fsp3) is 0.533. The molecule has 1 aliphatic carbocycles. The van der Waals surface area contributed by atoms with Crippen molar-refractivity contribution in [3.63, 3.8) is 0 Å². The molecular weight excluding hydrogens is 342 g/mol. The van der Waals surface area contributed by atoms with Crippen LogP contribution in [0.15, 0.2) is 22.7 Å². The van der Waals surface area contributed by atoms with E-state index >= 15 is 0 Å². The average Bonchev–Trinajstić information content (AvgIpc) is 2.66. The maximum absolute atomic E-state index is 11.9. The Labute approximate surface area is 133 Å². The maximum Gasteiger partial charge on any atom is 0.258 e. The fourth-order valence-electron chi connectivity index (χ4n) is 2.43. The molecule has 5 heteroatoms. The van der Waals surface area contributed by atoms with E-state index < -0.39 is 0 Å². The van der Waals surface area contributed by atoms with Gasteiger partial charge in [-0.1, -0.05) is 53.2 Å². The van der Waals surface area contributed by atoms with Gasteiger partial charge in [-0.2, -0.15) is 0 Å². The predicted molar refractivity (Wildman–Crippen MR) is 84.3 cm³/mol. The molecule has 0 unspecified atom stereocenters. The van der Waals surface area contributed by atoms with E-state index in [1.807, 2.05) is 6.07 Å². The van der Waals surface area contributed by atoms with Gasteiger partial charge in [-0.3, -0.25) is 4.79 Å². The molecule has 0 atom stereocenters. The van der Waals surface area contributed by atoms with Crippen LogP contribution in [0.2, 0.25) is 5.02 Å². The van der Waals surface area contributed by atoms with Gasteiger partial charge in [0.25, 0.3) is 5.91 Å². The summed E-state index contributed by atoms with van der Waals surface area (Å²) < 4.78 is 6.35. The lowest BCUT2D eigenvalue weighted by Crippen LogP contribution is -2.37. The molecule has 2 rings (SSSR count). The molecule has 0 aliphatic heterocycles. The van der Waals surface area contributed by atoms with Crippen LogP contribution in [0.3, 0.4) is 0 Å². The van der Waals surface area contributed by atoms with Gasteiger partial charge in [-0.15, -0.1) is 0 Å². The van der Waals surface area contributed by atoms with E-state index in [2.05, 4.69) is 21.2 Å². The second kappa shape index (κ2) is 7.89. The SMILES string of the molecule is O=C(COc1ccc(Br)cc1Cl)NC1CCCCCC1. The highest BCUT2D eigenvalue weighted by Gasteiger charge is 2.15. The lowest BCUT2D eigenvalue weighted by molar-refractivity contribution is -0.123. The molecule has 0 spiro atoms. The highest BCUT2D eigenvalue weighted by molar-refractivity contribution is 9.10. The van der Waals surface area contributed by atoms with Crippen LogP contribution in [0.1, 0.15) is 38.5 Å². The Morgan fingerprint density at radius 3 is 2.65 bits per heavy atom. The highest BCUT2D eigenvalue weighted by atomic mass is 79.9. The van der Waals surface area contributed by atoms with E-state index in [1.165, 1.54) is 25.7 Å². The molecule has 1 saturated carbocycles. The van der Waals surface area contributed by atoms with Gasteiger partial charge in [0.1, 0.15) is 5.75 Å². The van der Waals surface area contributed by atoms with E-state index in [1.54, 1.807) is 12.1 Å². The number of rotatable bonds is 4. The number of benzene rings is 1. The first kappa shape index (κ1) is 15.6. The average molecular weight is 361 g/mol. The second-order valence-corrected chi connectivity index (χ2v) is 6.44. The van der Waals surface area contributed by atoms with Crippen LogP contribution >= 0.6 is 27.5 Å². The second-order valence-electron chi connectivity index (χ2n) is 5.12. The standard InChI is InChI=1S/C15H19BrClNO2/c16-11-7-8-14(13(17)9-11)20-10-15(19)18-12-5-3-1-2-4-6-12/h7-9,12H,1-6,10H2,(H,18,19). The topological polar surface area (TPSA) is 38.3 Å². The van der Waals surface area contributed by atoms with E-state index in [0.29, 0.717) is 16.8 Å². The van der Waals surface area contributed by atoms with Crippen LogP contribution in [0.5, 0.6) is 5.75 Å². The predicted octanol–water partition coefficient (Wildman–Crippen LogP) is 4.32. The summed E-state index contributed by atoms with van der Waals surface area (Å²) in [5, 5.41) is 3.55. The number of nitrogens with one attached hydrogen (secondary N) is 1. The van der Waals surface area contributed by atoms with Crippen molar-refractivity contribution >= 4 is 33.4 Å². The summed E-state index contributed by atoms with van der Waals surface area (Å²) in [5.41, 5.74) is 0. The maximum atomic E-state index is 11.9. The zero-order chi connectivity index (χ0) is 14.4. The van der Waals surface area contributed by atoms with Crippen molar-refractivity contribution in [1.82, 2.24) is 5.32 Å². The number of hydrogen-bond donors (Lipinski definition) is 1. The molecule has 1 aromatic carbocycles. The molecule has 0 heterocycles. The van der Waals surface area contributed by atoms with Crippen LogP contribution < -0.4 is 10.1 Å². The third-order valence-corrected chi connectivity index (χ3v) is 4.26. The number of amides is 1. The summed E-state index contributed by atoms with van der Waals surface area (Å²) in [6, 6.07) is 5.64. The summed E-state index contributed by atoms with van der Waals surface area (Å²) in [5.74, 6) is 0.460. The third kappa shape index (κ3) is 4.98. The minimum atomic E-state index is -0.0733. The van der Waals surface area contributed by atoms with Gasteiger partial charge < -0.3 is 10.1 Å². The number of carbonyl (C=O) groups excluding carboxylic acids is 1. The highest BCUT2D eigenvalue weighted by Crippen LogP contribution is 2.27. The molecule has 3 nitrogen and oxygen atoms in total. The van der Waals surface area contributed by atoms with Gasteiger partial charge in [-0.25, -0.2) is 0 Å². The lowest BCUT2D eigenvalue weighted by atomic mass is 10.1. The molecule has 1 aromatic rings. The lowest BCUT2D eigenvalue weighted by Gasteiger charge is -2.16. The van der Waals surface area contributed by atoms with E-state index in [9.17, 15) is 4.79 Å². The Kier molecular flexibility index (Phi) is 6.17. The molecule has 0 saturated heterocycles. The van der Waals surface area contributed by atoms with E-state index in [4.69, 9.17) is 16.3 Å². The minimum Gasteiger partial charge on any atom is -0.482 e. The van der Waals surface area contributed by atoms with Crippen molar-refractivity contribution in [2.24, 2.45) is 0 Å². The van der Waals surface area contributed by atoms with Gasteiger partial charge in [0.15, 0.2) is 6.61 Å². The van der Waals surface area contributed by atoms with Crippen LogP contribution in [0.4, 0.5) is 0 Å². The molecule has 0 bridgehead atoms. The van der Waals surface area contributed by atoms with Crippen molar-refractivity contribution in [3.05, 3.63) is 27.7 Å². The first-order valence-electron chi connectivity index (χ1n) is 7.02. The Morgan fingerprint density at radius 1 is 1.30 bits per heavy atom. The molecule has 110 valence electrons. The van der Waals surface area contributed by atoms with Crippen molar-refractivity contribution in [2.45, 2.75) is 44.6 Å². The largest absolute Gasteiger partial charge is 0.482 e. The first-order chi connectivity index (χ1) is 9.65. The molecule has 0 radical (unpaired) electrons. The van der Waals surface area contributed by atoms with Crippen LogP contribution in [0.25, 0.3) is 0 Å².